The molecule has 0 aromatic heterocycles. The standard InChI is InChI=1S/C12H22N2O2/c1-2-16-12(15)8-14-7-9-3-4-11(14)5-10(9)6-13/h9-11H,2-8,13H2,1H3. The van der Waals surface area contributed by atoms with Crippen LogP contribution in [0.25, 0.3) is 0 Å². The lowest BCUT2D eigenvalue weighted by atomic mass is 9.72. The molecule has 4 heteroatoms. The molecule has 1 saturated carbocycles. The second-order valence-corrected chi connectivity index (χ2v) is 4.96. The van der Waals surface area contributed by atoms with E-state index in [1.54, 1.807) is 0 Å². The summed E-state index contributed by atoms with van der Waals surface area (Å²) in [6, 6.07) is 0.558. The fourth-order valence-corrected chi connectivity index (χ4v) is 3.18. The molecule has 2 aliphatic heterocycles. The van der Waals surface area contributed by atoms with Crippen LogP contribution in [0.1, 0.15) is 26.2 Å². The first-order valence-corrected chi connectivity index (χ1v) is 6.34. The number of nitrogens with zero attached hydrogens (tertiary/aromatic N) is 1. The van der Waals surface area contributed by atoms with Crippen LogP contribution in [0.4, 0.5) is 0 Å². The normalized spacial score (nSPS) is 34.0. The molecule has 0 radical (unpaired) electrons. The molecule has 2 heterocycles. The molecule has 3 fully saturated rings. The smallest absolute Gasteiger partial charge is 0.320 e. The van der Waals surface area contributed by atoms with E-state index in [9.17, 15) is 4.79 Å². The number of rotatable bonds is 4. The van der Waals surface area contributed by atoms with Crippen molar-refractivity contribution in [3.63, 3.8) is 0 Å². The number of esters is 1. The van der Waals surface area contributed by atoms with Crippen LogP contribution in [-0.4, -0.2) is 43.2 Å². The van der Waals surface area contributed by atoms with E-state index >= 15 is 0 Å². The van der Waals surface area contributed by atoms with Crippen molar-refractivity contribution in [1.29, 1.82) is 0 Å². The monoisotopic (exact) mass is 226 g/mol. The van der Waals surface area contributed by atoms with Gasteiger partial charge < -0.3 is 10.5 Å². The highest BCUT2D eigenvalue weighted by Crippen LogP contribution is 2.38. The number of piperidine rings is 2. The van der Waals surface area contributed by atoms with Crippen molar-refractivity contribution in [2.45, 2.75) is 32.2 Å². The first-order chi connectivity index (χ1) is 7.74. The van der Waals surface area contributed by atoms with E-state index in [1.165, 1.54) is 19.3 Å². The molecule has 2 N–H and O–H groups in total. The van der Waals surface area contributed by atoms with Crippen LogP contribution < -0.4 is 5.73 Å². The van der Waals surface area contributed by atoms with E-state index in [1.807, 2.05) is 6.92 Å². The molecule has 1 aliphatic carbocycles. The summed E-state index contributed by atoms with van der Waals surface area (Å²) in [5.41, 5.74) is 5.77. The maximum atomic E-state index is 11.5. The Morgan fingerprint density at radius 1 is 1.50 bits per heavy atom. The molecule has 3 aliphatic rings. The quantitative estimate of drug-likeness (QED) is 0.714. The molecule has 3 rings (SSSR count). The highest BCUT2D eigenvalue weighted by molar-refractivity contribution is 5.71. The lowest BCUT2D eigenvalue weighted by molar-refractivity contribution is -0.147. The van der Waals surface area contributed by atoms with E-state index in [2.05, 4.69) is 4.90 Å². The summed E-state index contributed by atoms with van der Waals surface area (Å²) in [5, 5.41) is 0. The Morgan fingerprint density at radius 2 is 2.31 bits per heavy atom. The lowest BCUT2D eigenvalue weighted by Crippen LogP contribution is -2.54. The van der Waals surface area contributed by atoms with Gasteiger partial charge in [0.25, 0.3) is 0 Å². The average molecular weight is 226 g/mol. The van der Waals surface area contributed by atoms with Gasteiger partial charge in [-0.2, -0.15) is 0 Å². The van der Waals surface area contributed by atoms with Gasteiger partial charge in [0.2, 0.25) is 0 Å². The number of hydrogen-bond acceptors (Lipinski definition) is 4. The van der Waals surface area contributed by atoms with Gasteiger partial charge in [-0.15, -0.1) is 0 Å². The van der Waals surface area contributed by atoms with E-state index in [0.717, 1.165) is 13.1 Å². The van der Waals surface area contributed by atoms with Crippen molar-refractivity contribution in [3.05, 3.63) is 0 Å². The maximum absolute atomic E-state index is 11.5. The highest BCUT2D eigenvalue weighted by atomic mass is 16.5. The van der Waals surface area contributed by atoms with E-state index in [4.69, 9.17) is 10.5 Å². The number of nitrogens with two attached hydrogens (primary N) is 1. The van der Waals surface area contributed by atoms with Gasteiger partial charge in [-0.3, -0.25) is 9.69 Å². The summed E-state index contributed by atoms with van der Waals surface area (Å²) in [4.78, 5) is 13.7. The van der Waals surface area contributed by atoms with E-state index in [-0.39, 0.29) is 5.97 Å². The molecule has 0 spiro atoms. The van der Waals surface area contributed by atoms with Crippen LogP contribution in [0.3, 0.4) is 0 Å². The maximum Gasteiger partial charge on any atom is 0.320 e. The molecule has 92 valence electrons. The Bertz CT molecular complexity index is 257. The Hall–Kier alpha value is -0.610. The fraction of sp³-hybridized carbons (Fsp3) is 0.917. The van der Waals surface area contributed by atoms with Crippen LogP contribution in [0, 0.1) is 11.8 Å². The second-order valence-electron chi connectivity index (χ2n) is 4.96. The third-order valence-electron chi connectivity index (χ3n) is 4.04. The van der Waals surface area contributed by atoms with Gasteiger partial charge in [-0.05, 0) is 44.6 Å². The van der Waals surface area contributed by atoms with Crippen molar-refractivity contribution in [2.75, 3.05) is 26.2 Å². The fourth-order valence-electron chi connectivity index (χ4n) is 3.18. The van der Waals surface area contributed by atoms with E-state index in [0.29, 0.717) is 31.0 Å². The summed E-state index contributed by atoms with van der Waals surface area (Å²) in [7, 11) is 0. The first kappa shape index (κ1) is 11.9. The third-order valence-corrected chi connectivity index (χ3v) is 4.04. The predicted octanol–water partition coefficient (Wildman–Crippen LogP) is 0.609. The molecule has 2 bridgehead atoms. The van der Waals surface area contributed by atoms with Crippen molar-refractivity contribution in [1.82, 2.24) is 4.90 Å². The van der Waals surface area contributed by atoms with E-state index < -0.39 is 0 Å². The molecule has 0 amide bonds. The molecule has 0 aromatic carbocycles. The van der Waals surface area contributed by atoms with Crippen molar-refractivity contribution >= 4 is 5.97 Å². The molecule has 4 nitrogen and oxygen atoms in total. The van der Waals surface area contributed by atoms with Gasteiger partial charge in [0, 0.05) is 12.6 Å². The Balaban J connectivity index is 1.88. The third kappa shape index (κ3) is 2.38. The number of carbonyl (C=O) groups is 1. The largest absolute Gasteiger partial charge is 0.465 e. The number of hydrogen-bond donors (Lipinski definition) is 1. The topological polar surface area (TPSA) is 55.6 Å². The Kier molecular flexibility index (Phi) is 3.82. The molecule has 2 saturated heterocycles. The van der Waals surface area contributed by atoms with Crippen molar-refractivity contribution < 1.29 is 9.53 Å². The Morgan fingerprint density at radius 3 is 2.88 bits per heavy atom. The zero-order valence-electron chi connectivity index (χ0n) is 10.0. The van der Waals surface area contributed by atoms with Crippen LogP contribution in [0.5, 0.6) is 0 Å². The second kappa shape index (κ2) is 5.15. The molecule has 0 aromatic rings. The van der Waals surface area contributed by atoms with Gasteiger partial charge in [-0.25, -0.2) is 0 Å². The van der Waals surface area contributed by atoms with Crippen LogP contribution in [0.15, 0.2) is 0 Å². The van der Waals surface area contributed by atoms with Crippen molar-refractivity contribution in [2.24, 2.45) is 17.6 Å². The van der Waals surface area contributed by atoms with Crippen LogP contribution >= 0.6 is 0 Å². The number of fused-ring (bicyclic) bond motifs is 3. The first-order valence-electron chi connectivity index (χ1n) is 6.34. The minimum absolute atomic E-state index is 0.0839. The summed E-state index contributed by atoms with van der Waals surface area (Å²) < 4.78 is 5.00. The predicted molar refractivity (Wildman–Crippen MR) is 61.9 cm³/mol. The summed E-state index contributed by atoms with van der Waals surface area (Å²) in [6.45, 7) is 4.63. The zero-order valence-corrected chi connectivity index (χ0v) is 10.0. The zero-order chi connectivity index (χ0) is 11.5. The number of carbonyl (C=O) groups excluding carboxylic acids is 1. The number of ether oxygens (including phenoxy) is 1. The minimum Gasteiger partial charge on any atom is -0.465 e. The van der Waals surface area contributed by atoms with Crippen LogP contribution in [0.2, 0.25) is 0 Å². The molecular weight excluding hydrogens is 204 g/mol. The van der Waals surface area contributed by atoms with Crippen LogP contribution in [-0.2, 0) is 9.53 Å². The van der Waals surface area contributed by atoms with Gasteiger partial charge in [-0.1, -0.05) is 0 Å². The van der Waals surface area contributed by atoms with Gasteiger partial charge in [0.15, 0.2) is 0 Å². The van der Waals surface area contributed by atoms with Gasteiger partial charge in [0.1, 0.15) is 0 Å². The lowest BCUT2D eigenvalue weighted by Gasteiger charge is -2.49. The summed E-state index contributed by atoms with van der Waals surface area (Å²) in [5.74, 6) is 1.29. The van der Waals surface area contributed by atoms with Gasteiger partial charge in [0.05, 0.1) is 13.2 Å². The minimum atomic E-state index is -0.0839. The molecular formula is C12H22N2O2. The van der Waals surface area contributed by atoms with Gasteiger partial charge >= 0.3 is 5.97 Å². The Labute approximate surface area is 97.1 Å². The van der Waals surface area contributed by atoms with Crippen molar-refractivity contribution in [3.8, 4) is 0 Å². The highest BCUT2D eigenvalue weighted by Gasteiger charge is 2.40. The average Bonchev–Trinajstić information content (AvgIpc) is 2.30. The summed E-state index contributed by atoms with van der Waals surface area (Å²) >= 11 is 0. The molecule has 16 heavy (non-hydrogen) atoms. The summed E-state index contributed by atoms with van der Waals surface area (Å²) in [6.07, 6.45) is 3.67. The molecule has 3 unspecified atom stereocenters. The molecule has 3 atom stereocenters. The SMILES string of the molecule is CCOC(=O)CN1CC2CCC1CC2CN.